The zero-order valence-corrected chi connectivity index (χ0v) is 12.5. The number of hydrogen-bond acceptors (Lipinski definition) is 2. The van der Waals surface area contributed by atoms with Crippen LogP contribution in [-0.4, -0.2) is 13.1 Å². The zero-order chi connectivity index (χ0) is 13.9. The van der Waals surface area contributed by atoms with E-state index in [1.807, 2.05) is 18.2 Å². The first-order valence-electron chi connectivity index (χ1n) is 7.58. The number of benzene rings is 1. The molecule has 4 atom stereocenters. The van der Waals surface area contributed by atoms with Crippen LogP contribution in [0.2, 0.25) is 5.02 Å². The fraction of sp³-hybridized carbons (Fsp3) is 0.588. The Labute approximate surface area is 125 Å². The summed E-state index contributed by atoms with van der Waals surface area (Å²) in [5.74, 6) is 2.57. The van der Waals surface area contributed by atoms with Gasteiger partial charge >= 0.3 is 0 Å². The summed E-state index contributed by atoms with van der Waals surface area (Å²) < 4.78 is 0. The van der Waals surface area contributed by atoms with Gasteiger partial charge in [0.15, 0.2) is 0 Å². The molecule has 2 saturated carbocycles. The largest absolute Gasteiger partial charge is 0.370 e. The van der Waals surface area contributed by atoms with Crippen molar-refractivity contribution >= 4 is 17.3 Å². The molecule has 2 bridgehead atoms. The van der Waals surface area contributed by atoms with E-state index in [1.54, 1.807) is 0 Å². The molecule has 104 valence electrons. The van der Waals surface area contributed by atoms with Crippen LogP contribution in [0.3, 0.4) is 0 Å². The first-order chi connectivity index (χ1) is 9.64. The molecule has 0 radical (unpaired) electrons. The lowest BCUT2D eigenvalue weighted by Crippen LogP contribution is -2.49. The summed E-state index contributed by atoms with van der Waals surface area (Å²) in [7, 11) is 0. The van der Waals surface area contributed by atoms with Gasteiger partial charge < -0.3 is 4.90 Å². The lowest BCUT2D eigenvalue weighted by Gasteiger charge is -2.48. The van der Waals surface area contributed by atoms with Crippen molar-refractivity contribution in [2.24, 2.45) is 23.2 Å². The van der Waals surface area contributed by atoms with Crippen LogP contribution in [0.5, 0.6) is 0 Å². The fourth-order valence-corrected chi connectivity index (χ4v) is 4.98. The highest BCUT2D eigenvalue weighted by Crippen LogP contribution is 2.67. The molecule has 2 aliphatic carbocycles. The molecule has 1 saturated heterocycles. The van der Waals surface area contributed by atoms with Gasteiger partial charge in [0.25, 0.3) is 0 Å². The summed E-state index contributed by atoms with van der Waals surface area (Å²) in [6.07, 6.45) is 4.17. The van der Waals surface area contributed by atoms with Crippen LogP contribution < -0.4 is 4.90 Å². The number of rotatable bonds is 1. The second kappa shape index (κ2) is 4.15. The normalized spacial score (nSPS) is 38.0. The summed E-state index contributed by atoms with van der Waals surface area (Å²) in [4.78, 5) is 2.44. The third kappa shape index (κ3) is 1.63. The van der Waals surface area contributed by atoms with E-state index < -0.39 is 0 Å². The number of anilines is 1. The Morgan fingerprint density at radius 2 is 2.25 bits per heavy atom. The van der Waals surface area contributed by atoms with E-state index in [4.69, 9.17) is 11.6 Å². The van der Waals surface area contributed by atoms with Crippen molar-refractivity contribution in [1.82, 2.24) is 0 Å². The van der Waals surface area contributed by atoms with Crippen molar-refractivity contribution in [2.45, 2.75) is 26.2 Å². The number of hydrogen-bond donors (Lipinski definition) is 0. The number of nitrogens with zero attached hydrogens (tertiary/aromatic N) is 2. The third-order valence-electron chi connectivity index (χ3n) is 6.14. The maximum absolute atomic E-state index is 9.35. The van der Waals surface area contributed by atoms with Crippen LogP contribution in [-0.2, 0) is 0 Å². The van der Waals surface area contributed by atoms with Crippen molar-refractivity contribution in [2.75, 3.05) is 18.0 Å². The van der Waals surface area contributed by atoms with Gasteiger partial charge in [0.1, 0.15) is 6.07 Å². The van der Waals surface area contributed by atoms with E-state index in [9.17, 15) is 5.26 Å². The number of piperidine rings is 1. The smallest absolute Gasteiger partial charge is 0.101 e. The van der Waals surface area contributed by atoms with Crippen LogP contribution in [0.4, 0.5) is 5.69 Å². The van der Waals surface area contributed by atoms with E-state index in [1.165, 1.54) is 19.3 Å². The predicted octanol–water partition coefficient (Wildman–Crippen LogP) is 4.08. The molecular weight excluding hydrogens is 268 g/mol. The summed E-state index contributed by atoms with van der Waals surface area (Å²) in [6.45, 7) is 4.65. The Balaban J connectivity index is 1.71. The van der Waals surface area contributed by atoms with Crippen LogP contribution in [0, 0.1) is 34.5 Å². The van der Waals surface area contributed by atoms with Gasteiger partial charge in [-0.05, 0) is 60.6 Å². The predicted molar refractivity (Wildman–Crippen MR) is 80.8 cm³/mol. The molecule has 2 nitrogen and oxygen atoms in total. The average molecular weight is 287 g/mol. The third-order valence-corrected chi connectivity index (χ3v) is 6.38. The first kappa shape index (κ1) is 12.5. The Hall–Kier alpha value is -1.20. The Morgan fingerprint density at radius 1 is 1.40 bits per heavy atom. The van der Waals surface area contributed by atoms with Crippen molar-refractivity contribution in [3.05, 3.63) is 28.8 Å². The van der Waals surface area contributed by atoms with Gasteiger partial charge in [-0.15, -0.1) is 0 Å². The van der Waals surface area contributed by atoms with Gasteiger partial charge in [-0.2, -0.15) is 5.26 Å². The van der Waals surface area contributed by atoms with Crippen LogP contribution in [0.15, 0.2) is 18.2 Å². The molecular formula is C17H19ClN2. The van der Waals surface area contributed by atoms with E-state index >= 15 is 0 Å². The first-order valence-corrected chi connectivity index (χ1v) is 7.96. The minimum Gasteiger partial charge on any atom is -0.370 e. The molecule has 4 unspecified atom stereocenters. The molecule has 1 spiro atoms. The highest BCUT2D eigenvalue weighted by Gasteiger charge is 2.63. The van der Waals surface area contributed by atoms with E-state index in [2.05, 4.69) is 17.9 Å². The molecule has 0 amide bonds. The standard InChI is InChI=1S/C17H19ClN2/c1-11-13-2-4-14-7-17(11,14)10-20(9-13)16-6-15(18)5-3-12(16)8-19/h3,5-6,11,13-14H,2,4,7,9-10H2,1H3. The van der Waals surface area contributed by atoms with Gasteiger partial charge in [-0.1, -0.05) is 18.5 Å². The topological polar surface area (TPSA) is 27.0 Å². The van der Waals surface area contributed by atoms with E-state index in [-0.39, 0.29) is 0 Å². The monoisotopic (exact) mass is 286 g/mol. The molecule has 0 aromatic heterocycles. The van der Waals surface area contributed by atoms with Crippen molar-refractivity contribution < 1.29 is 0 Å². The molecule has 20 heavy (non-hydrogen) atoms. The molecule has 1 aromatic rings. The Morgan fingerprint density at radius 3 is 3.05 bits per heavy atom. The summed E-state index contributed by atoms with van der Waals surface area (Å²) in [5, 5.41) is 10.1. The van der Waals surface area contributed by atoms with Gasteiger partial charge in [-0.25, -0.2) is 0 Å². The lowest BCUT2D eigenvalue weighted by atomic mass is 9.69. The minimum absolute atomic E-state index is 0.538. The van der Waals surface area contributed by atoms with Crippen molar-refractivity contribution in [1.29, 1.82) is 5.26 Å². The maximum atomic E-state index is 9.35. The highest BCUT2D eigenvalue weighted by atomic mass is 35.5. The Bertz CT molecular complexity index is 605. The zero-order valence-electron chi connectivity index (χ0n) is 11.8. The highest BCUT2D eigenvalue weighted by molar-refractivity contribution is 6.30. The van der Waals surface area contributed by atoms with E-state index in [0.29, 0.717) is 5.41 Å². The van der Waals surface area contributed by atoms with Gasteiger partial charge in [-0.3, -0.25) is 0 Å². The minimum atomic E-state index is 0.538. The molecule has 1 aliphatic heterocycles. The summed E-state index contributed by atoms with van der Waals surface area (Å²) >= 11 is 6.15. The number of fused-ring (bicyclic) bond motifs is 1. The second-order valence-corrected chi connectivity index (χ2v) is 7.35. The number of nitriles is 1. The van der Waals surface area contributed by atoms with Crippen molar-refractivity contribution in [3.63, 3.8) is 0 Å². The Kier molecular flexibility index (Phi) is 2.60. The molecule has 4 rings (SSSR count). The van der Waals surface area contributed by atoms with Gasteiger partial charge in [0.2, 0.25) is 0 Å². The molecule has 3 heteroatoms. The van der Waals surface area contributed by atoms with Gasteiger partial charge in [0.05, 0.1) is 11.3 Å². The van der Waals surface area contributed by atoms with Crippen LogP contribution in [0.25, 0.3) is 0 Å². The second-order valence-electron chi connectivity index (χ2n) is 6.91. The van der Waals surface area contributed by atoms with Gasteiger partial charge in [0, 0.05) is 18.1 Å². The summed E-state index contributed by atoms with van der Waals surface area (Å²) in [6, 6.07) is 7.96. The molecule has 3 fully saturated rings. The maximum Gasteiger partial charge on any atom is 0.101 e. The fourth-order valence-electron chi connectivity index (χ4n) is 4.82. The van der Waals surface area contributed by atoms with Crippen LogP contribution >= 0.6 is 11.6 Å². The lowest BCUT2D eigenvalue weighted by molar-refractivity contribution is 0.124. The van der Waals surface area contributed by atoms with E-state index in [0.717, 1.165) is 47.1 Å². The molecule has 1 heterocycles. The number of halogens is 1. The molecule has 0 N–H and O–H groups in total. The molecule has 3 aliphatic rings. The van der Waals surface area contributed by atoms with Crippen LogP contribution in [0.1, 0.15) is 31.7 Å². The quantitative estimate of drug-likeness (QED) is 0.778. The summed E-state index contributed by atoms with van der Waals surface area (Å²) in [5.41, 5.74) is 2.34. The molecule has 1 aromatic carbocycles. The SMILES string of the molecule is CC1C2CCC3CC31CN(c1cc(Cl)ccc1C#N)C2. The van der Waals surface area contributed by atoms with Crippen molar-refractivity contribution in [3.8, 4) is 6.07 Å². The average Bonchev–Trinajstić information content (AvgIpc) is 3.12.